The van der Waals surface area contributed by atoms with Gasteiger partial charge in [0.2, 0.25) is 10.0 Å². The number of nitrogens with zero attached hydrogens (tertiary/aromatic N) is 2. The van der Waals surface area contributed by atoms with E-state index < -0.39 is 10.0 Å². The average Bonchev–Trinajstić information content (AvgIpc) is 2.81. The van der Waals surface area contributed by atoms with Crippen LogP contribution in [0.3, 0.4) is 0 Å². The summed E-state index contributed by atoms with van der Waals surface area (Å²) < 4.78 is 29.4. The summed E-state index contributed by atoms with van der Waals surface area (Å²) in [5.41, 5.74) is 0. The van der Waals surface area contributed by atoms with Gasteiger partial charge in [0.05, 0.1) is 11.4 Å². The Morgan fingerprint density at radius 3 is 2.84 bits per heavy atom. The van der Waals surface area contributed by atoms with Crippen molar-refractivity contribution in [1.82, 2.24) is 14.5 Å². The van der Waals surface area contributed by atoms with Crippen molar-refractivity contribution < 1.29 is 8.42 Å². The first-order valence-electron chi connectivity index (χ1n) is 5.73. The quantitative estimate of drug-likeness (QED) is 0.903. The summed E-state index contributed by atoms with van der Waals surface area (Å²) in [7, 11) is -3.51. The van der Waals surface area contributed by atoms with Gasteiger partial charge in [-0.25, -0.2) is 13.1 Å². The molecule has 5 nitrogen and oxygen atoms in total. The first-order valence-corrected chi connectivity index (χ1v) is 8.00. The third-order valence-electron chi connectivity index (χ3n) is 2.48. The van der Waals surface area contributed by atoms with Crippen LogP contribution in [0.15, 0.2) is 52.1 Å². The number of benzene rings is 1. The van der Waals surface area contributed by atoms with Gasteiger partial charge in [0.1, 0.15) is 0 Å². The molecule has 1 N–H and O–H groups in total. The lowest BCUT2D eigenvalue weighted by Crippen LogP contribution is -2.35. The molecule has 7 heteroatoms. The monoisotopic (exact) mass is 343 g/mol. The van der Waals surface area contributed by atoms with E-state index in [0.29, 0.717) is 6.54 Å². The lowest BCUT2D eigenvalue weighted by Gasteiger charge is -2.14. The zero-order valence-corrected chi connectivity index (χ0v) is 12.7. The highest BCUT2D eigenvalue weighted by atomic mass is 79.9. The number of aromatic nitrogens is 2. The van der Waals surface area contributed by atoms with Gasteiger partial charge in [-0.3, -0.25) is 4.68 Å². The predicted octanol–water partition coefficient (Wildman–Crippen LogP) is 2.01. The van der Waals surface area contributed by atoms with Crippen molar-refractivity contribution >= 4 is 26.0 Å². The summed E-state index contributed by atoms with van der Waals surface area (Å²) >= 11 is 3.26. The summed E-state index contributed by atoms with van der Waals surface area (Å²) in [6.45, 7) is 2.29. The molecule has 0 aliphatic rings. The van der Waals surface area contributed by atoms with Gasteiger partial charge in [0, 0.05) is 22.9 Å². The van der Waals surface area contributed by atoms with Gasteiger partial charge in [-0.2, -0.15) is 5.10 Å². The summed E-state index contributed by atoms with van der Waals surface area (Å²) in [5, 5.41) is 4.05. The minimum atomic E-state index is -3.51. The fourth-order valence-corrected chi connectivity index (χ4v) is 3.52. The molecule has 102 valence electrons. The molecule has 1 aromatic heterocycles. The molecule has 0 spiro atoms. The van der Waals surface area contributed by atoms with Crippen molar-refractivity contribution in [3.8, 4) is 0 Å². The highest BCUT2D eigenvalue weighted by Gasteiger charge is 2.17. The maximum absolute atomic E-state index is 12.2. The first-order chi connectivity index (χ1) is 8.97. The molecule has 2 rings (SSSR count). The Morgan fingerprint density at radius 2 is 2.21 bits per heavy atom. The summed E-state index contributed by atoms with van der Waals surface area (Å²) in [4.78, 5) is 0.245. The molecule has 0 radical (unpaired) electrons. The number of hydrogen-bond donors (Lipinski definition) is 1. The molecular formula is C12H14BrN3O2S. The molecule has 0 saturated carbocycles. The van der Waals surface area contributed by atoms with Crippen molar-refractivity contribution in [2.24, 2.45) is 0 Å². The molecule has 0 fully saturated rings. The van der Waals surface area contributed by atoms with Crippen molar-refractivity contribution in [2.75, 3.05) is 0 Å². The Hall–Kier alpha value is -1.18. The minimum absolute atomic E-state index is 0.245. The molecular weight excluding hydrogens is 330 g/mol. The van der Waals surface area contributed by atoms with Crippen LogP contribution in [0.1, 0.15) is 6.92 Å². The molecule has 1 aromatic carbocycles. The molecule has 1 unspecified atom stereocenters. The van der Waals surface area contributed by atoms with Gasteiger partial charge in [0.25, 0.3) is 0 Å². The van der Waals surface area contributed by atoms with E-state index in [1.807, 2.05) is 0 Å². The second kappa shape index (κ2) is 5.85. The second-order valence-corrected chi connectivity index (χ2v) is 6.84. The number of sulfonamides is 1. The fraction of sp³-hybridized carbons (Fsp3) is 0.250. The van der Waals surface area contributed by atoms with Crippen molar-refractivity contribution in [3.05, 3.63) is 47.2 Å². The topological polar surface area (TPSA) is 64.0 Å². The largest absolute Gasteiger partial charge is 0.271 e. The van der Waals surface area contributed by atoms with Gasteiger partial charge in [-0.05, 0) is 31.2 Å². The number of hydrogen-bond acceptors (Lipinski definition) is 3. The maximum atomic E-state index is 12.2. The minimum Gasteiger partial charge on any atom is -0.271 e. The van der Waals surface area contributed by atoms with Crippen LogP contribution in [-0.4, -0.2) is 24.2 Å². The number of halogens is 1. The first kappa shape index (κ1) is 14.2. The van der Waals surface area contributed by atoms with E-state index in [1.54, 1.807) is 54.3 Å². The highest BCUT2D eigenvalue weighted by Crippen LogP contribution is 2.16. The van der Waals surface area contributed by atoms with Crippen LogP contribution in [0.5, 0.6) is 0 Å². The van der Waals surface area contributed by atoms with E-state index in [0.717, 1.165) is 4.47 Å². The van der Waals surface area contributed by atoms with Gasteiger partial charge in [0.15, 0.2) is 0 Å². The Morgan fingerprint density at radius 1 is 1.42 bits per heavy atom. The Balaban J connectivity index is 2.09. The van der Waals surface area contributed by atoms with Gasteiger partial charge < -0.3 is 0 Å². The van der Waals surface area contributed by atoms with Crippen LogP contribution in [0.4, 0.5) is 0 Å². The zero-order valence-electron chi connectivity index (χ0n) is 10.3. The lowest BCUT2D eigenvalue weighted by molar-refractivity contribution is 0.494. The predicted molar refractivity (Wildman–Crippen MR) is 76.2 cm³/mol. The van der Waals surface area contributed by atoms with Crippen LogP contribution in [0.2, 0.25) is 0 Å². The standard InChI is InChI=1S/C12H14BrN3O2S/c1-10(9-16-7-3-6-14-16)15-19(17,18)12-5-2-4-11(13)8-12/h2-8,10,15H,9H2,1H3. The van der Waals surface area contributed by atoms with Crippen molar-refractivity contribution in [1.29, 1.82) is 0 Å². The Bertz CT molecular complexity index is 641. The molecule has 2 aromatic rings. The number of nitrogens with one attached hydrogen (secondary N) is 1. The Kier molecular flexibility index (Phi) is 4.38. The van der Waals surface area contributed by atoms with Gasteiger partial charge >= 0.3 is 0 Å². The van der Waals surface area contributed by atoms with Crippen LogP contribution in [0.25, 0.3) is 0 Å². The third kappa shape index (κ3) is 3.89. The molecule has 0 bridgehead atoms. The fourth-order valence-electron chi connectivity index (χ4n) is 1.69. The molecule has 0 amide bonds. The smallest absolute Gasteiger partial charge is 0.240 e. The average molecular weight is 344 g/mol. The molecule has 0 saturated heterocycles. The molecule has 1 atom stereocenters. The van der Waals surface area contributed by atoms with Crippen LogP contribution in [0, 0.1) is 0 Å². The molecule has 0 aliphatic heterocycles. The third-order valence-corrected chi connectivity index (χ3v) is 4.56. The lowest BCUT2D eigenvalue weighted by atomic mass is 10.4. The van der Waals surface area contributed by atoms with Crippen molar-refractivity contribution in [2.45, 2.75) is 24.4 Å². The van der Waals surface area contributed by atoms with E-state index in [1.165, 1.54) is 0 Å². The van der Waals surface area contributed by atoms with E-state index in [2.05, 4.69) is 25.8 Å². The van der Waals surface area contributed by atoms with E-state index in [4.69, 9.17) is 0 Å². The molecule has 0 aliphatic carbocycles. The maximum Gasteiger partial charge on any atom is 0.240 e. The summed E-state index contributed by atoms with van der Waals surface area (Å²) in [6, 6.07) is 8.17. The zero-order chi connectivity index (χ0) is 13.9. The van der Waals surface area contributed by atoms with Crippen LogP contribution >= 0.6 is 15.9 Å². The van der Waals surface area contributed by atoms with E-state index in [-0.39, 0.29) is 10.9 Å². The number of rotatable bonds is 5. The van der Waals surface area contributed by atoms with Crippen molar-refractivity contribution in [3.63, 3.8) is 0 Å². The Labute approximate surface area is 120 Å². The normalized spacial score (nSPS) is 13.4. The molecule has 19 heavy (non-hydrogen) atoms. The highest BCUT2D eigenvalue weighted by molar-refractivity contribution is 9.10. The van der Waals surface area contributed by atoms with Crippen LogP contribution in [-0.2, 0) is 16.6 Å². The SMILES string of the molecule is CC(Cn1cccn1)NS(=O)(=O)c1cccc(Br)c1. The van der Waals surface area contributed by atoms with Crippen LogP contribution < -0.4 is 4.72 Å². The van der Waals surface area contributed by atoms with E-state index in [9.17, 15) is 8.42 Å². The molecule has 1 heterocycles. The summed E-state index contributed by atoms with van der Waals surface area (Å²) in [6.07, 6.45) is 3.46. The van der Waals surface area contributed by atoms with E-state index >= 15 is 0 Å². The second-order valence-electron chi connectivity index (χ2n) is 4.21. The van der Waals surface area contributed by atoms with Gasteiger partial charge in [-0.15, -0.1) is 0 Å². The summed E-state index contributed by atoms with van der Waals surface area (Å²) in [5.74, 6) is 0. The van der Waals surface area contributed by atoms with Gasteiger partial charge in [-0.1, -0.05) is 22.0 Å².